The summed E-state index contributed by atoms with van der Waals surface area (Å²) in [6, 6.07) is 15.0. The Hall–Kier alpha value is -5.43. The number of nitrogens with zero attached hydrogens (tertiary/aromatic N) is 4. The fourth-order valence-electron chi connectivity index (χ4n) is 5.77. The molecule has 0 spiro atoms. The number of rotatable bonds is 15. The largest absolute Gasteiger partial charge is 0.493 e. The Bertz CT molecular complexity index is 1750. The number of amides is 2. The lowest BCUT2D eigenvalue weighted by Crippen LogP contribution is -2.38. The Labute approximate surface area is 282 Å². The van der Waals surface area contributed by atoms with Crippen LogP contribution in [0.2, 0.25) is 0 Å². The van der Waals surface area contributed by atoms with Crippen molar-refractivity contribution in [1.82, 2.24) is 25.2 Å². The first-order valence-corrected chi connectivity index (χ1v) is 16.5. The highest BCUT2D eigenvalue weighted by atomic mass is 16.5. The third kappa shape index (κ3) is 9.79. The summed E-state index contributed by atoms with van der Waals surface area (Å²) in [5.41, 5.74) is 3.19. The third-order valence-electron chi connectivity index (χ3n) is 8.42. The van der Waals surface area contributed by atoms with E-state index in [1.54, 1.807) is 31.7 Å². The smallest absolute Gasteiger partial charge is 0.243 e. The summed E-state index contributed by atoms with van der Waals surface area (Å²) in [4.78, 5) is 39.8. The molecule has 1 aliphatic heterocycles. The average molecular weight is 647 g/mol. The highest BCUT2D eigenvalue weighted by Gasteiger charge is 2.22. The highest BCUT2D eigenvalue weighted by Crippen LogP contribution is 2.35. The normalized spacial score (nSPS) is 13.3. The van der Waals surface area contributed by atoms with Crippen LogP contribution in [0.4, 0.5) is 11.5 Å². The first-order valence-electron chi connectivity index (χ1n) is 16.5. The Morgan fingerprint density at radius 2 is 1.94 bits per heavy atom. The molecule has 3 heterocycles. The van der Waals surface area contributed by atoms with Gasteiger partial charge >= 0.3 is 0 Å². The quantitative estimate of drug-likeness (QED) is 0.0897. The van der Waals surface area contributed by atoms with Gasteiger partial charge in [-0.25, -0.2) is 9.97 Å². The van der Waals surface area contributed by atoms with Crippen molar-refractivity contribution >= 4 is 40.3 Å². The number of pyridine rings is 1. The van der Waals surface area contributed by atoms with Crippen LogP contribution >= 0.6 is 0 Å². The summed E-state index contributed by atoms with van der Waals surface area (Å²) in [5, 5.41) is 7.05. The van der Waals surface area contributed by atoms with Gasteiger partial charge in [0.05, 0.1) is 19.2 Å². The van der Waals surface area contributed by atoms with Gasteiger partial charge in [-0.1, -0.05) is 30.9 Å². The molecule has 2 N–H and O–H groups in total. The van der Waals surface area contributed by atoms with Gasteiger partial charge in [0.2, 0.25) is 11.8 Å². The molecule has 2 aromatic carbocycles. The molecule has 0 saturated carbocycles. The molecule has 0 radical (unpaired) electrons. The third-order valence-corrected chi connectivity index (χ3v) is 8.42. The molecule has 2 aromatic heterocycles. The van der Waals surface area contributed by atoms with Crippen LogP contribution in [0, 0.1) is 18.3 Å². The summed E-state index contributed by atoms with van der Waals surface area (Å²) in [6.45, 7) is 2.62. The fraction of sp³-hybridized carbons (Fsp3) is 0.342. The maximum atomic E-state index is 12.9. The number of unbranched alkanes of at least 4 members (excludes halogenated alkanes) is 1. The molecule has 1 fully saturated rings. The Kier molecular flexibility index (Phi) is 12.4. The minimum Gasteiger partial charge on any atom is -0.493 e. The van der Waals surface area contributed by atoms with Crippen molar-refractivity contribution in [1.29, 1.82) is 0 Å². The number of anilines is 2. The molecular weight excluding hydrogens is 604 g/mol. The number of hydrogen-bond acceptors (Lipinski definition) is 8. The van der Waals surface area contributed by atoms with E-state index in [-0.39, 0.29) is 11.8 Å². The number of fused-ring (bicyclic) bond motifs is 1. The number of piperidine rings is 1. The van der Waals surface area contributed by atoms with Gasteiger partial charge in [-0.15, -0.1) is 6.42 Å². The number of aromatic nitrogens is 3. The summed E-state index contributed by atoms with van der Waals surface area (Å²) in [6.07, 6.45) is 20.0. The van der Waals surface area contributed by atoms with Crippen LogP contribution in [0.1, 0.15) is 56.1 Å². The minimum absolute atomic E-state index is 0.0903. The molecule has 10 heteroatoms. The second kappa shape index (κ2) is 17.5. The fourth-order valence-corrected chi connectivity index (χ4v) is 5.77. The van der Waals surface area contributed by atoms with E-state index in [0.29, 0.717) is 54.7 Å². The maximum absolute atomic E-state index is 12.9. The van der Waals surface area contributed by atoms with Gasteiger partial charge in [-0.3, -0.25) is 14.6 Å². The van der Waals surface area contributed by atoms with Gasteiger partial charge in [0.25, 0.3) is 0 Å². The summed E-state index contributed by atoms with van der Waals surface area (Å²) < 4.78 is 11.7. The molecule has 2 amide bonds. The molecule has 248 valence electrons. The molecule has 0 bridgehead atoms. The van der Waals surface area contributed by atoms with Crippen LogP contribution in [-0.2, 0) is 9.59 Å². The predicted octanol–water partition coefficient (Wildman–Crippen LogP) is 6.16. The van der Waals surface area contributed by atoms with Gasteiger partial charge < -0.3 is 25.0 Å². The van der Waals surface area contributed by atoms with E-state index in [1.807, 2.05) is 53.4 Å². The van der Waals surface area contributed by atoms with Crippen molar-refractivity contribution in [2.24, 2.45) is 5.92 Å². The lowest BCUT2D eigenvalue weighted by atomic mass is 9.91. The number of benzene rings is 2. The molecule has 0 atom stereocenters. The van der Waals surface area contributed by atoms with Gasteiger partial charge in [0.1, 0.15) is 12.1 Å². The van der Waals surface area contributed by atoms with Crippen molar-refractivity contribution in [3.8, 4) is 23.8 Å². The number of ether oxygens (including phenoxy) is 2. The summed E-state index contributed by atoms with van der Waals surface area (Å²) in [7, 11) is 1.59. The van der Waals surface area contributed by atoms with Crippen LogP contribution in [0.3, 0.4) is 0 Å². The monoisotopic (exact) mass is 646 g/mol. The van der Waals surface area contributed by atoms with Gasteiger partial charge in [0.15, 0.2) is 11.5 Å². The molecule has 5 rings (SSSR count). The van der Waals surface area contributed by atoms with E-state index < -0.39 is 0 Å². The van der Waals surface area contributed by atoms with E-state index in [1.165, 1.54) is 6.33 Å². The molecule has 1 aliphatic rings. The van der Waals surface area contributed by atoms with Gasteiger partial charge in [0, 0.05) is 67.2 Å². The summed E-state index contributed by atoms with van der Waals surface area (Å²) >= 11 is 0. The zero-order valence-corrected chi connectivity index (χ0v) is 27.4. The second-order valence-corrected chi connectivity index (χ2v) is 11.8. The predicted molar refractivity (Wildman–Crippen MR) is 188 cm³/mol. The van der Waals surface area contributed by atoms with E-state index >= 15 is 0 Å². The molecule has 10 nitrogen and oxygen atoms in total. The van der Waals surface area contributed by atoms with Crippen molar-refractivity contribution in [2.45, 2.75) is 44.9 Å². The van der Waals surface area contributed by atoms with Gasteiger partial charge in [-0.05, 0) is 73.6 Å². The number of terminal acetylenes is 1. The number of carbonyl (C=O) groups is 2. The standard InChI is InChI=1S/C38H42N6O4/c1-3-28-10-6-12-31(23-28)43-38-32-24-35(34(47-2)25-33(32)41-27-42-38)48-22-8-13-37(46)44-20-16-29(17-21-44)9-4-5-19-40-36(45)15-14-30-11-7-18-39-26-30/h1,6-7,10-12,14-15,18,23-27,29H,4-5,8-9,13,16-17,19-22H2,2H3,(H,40,45)(H,41,42,43)/b15-14+. The number of methoxy groups -OCH3 is 1. The summed E-state index contributed by atoms with van der Waals surface area (Å²) in [5.74, 6) is 5.09. The van der Waals surface area contributed by atoms with E-state index in [9.17, 15) is 9.59 Å². The molecule has 1 saturated heterocycles. The van der Waals surface area contributed by atoms with Crippen LogP contribution in [0.15, 0.2) is 73.3 Å². The highest BCUT2D eigenvalue weighted by molar-refractivity contribution is 5.93. The van der Waals surface area contributed by atoms with Crippen molar-refractivity contribution < 1.29 is 19.1 Å². The maximum Gasteiger partial charge on any atom is 0.243 e. The molecular formula is C38H42N6O4. The van der Waals surface area contributed by atoms with Crippen molar-refractivity contribution in [3.63, 3.8) is 0 Å². The first-order chi connectivity index (χ1) is 23.5. The number of hydrogen-bond donors (Lipinski definition) is 2. The Morgan fingerprint density at radius 1 is 1.06 bits per heavy atom. The van der Waals surface area contributed by atoms with Crippen molar-refractivity contribution in [2.75, 3.05) is 38.7 Å². The first kappa shape index (κ1) is 33.9. The zero-order chi connectivity index (χ0) is 33.6. The zero-order valence-electron chi connectivity index (χ0n) is 27.4. The minimum atomic E-state index is -0.0903. The number of nitrogens with one attached hydrogen (secondary N) is 2. The molecule has 0 aliphatic carbocycles. The van der Waals surface area contributed by atoms with Crippen molar-refractivity contribution in [3.05, 3.63) is 84.5 Å². The molecule has 4 aromatic rings. The SMILES string of the molecule is C#Cc1cccc(Nc2ncnc3cc(OC)c(OCCCC(=O)N4CCC(CCCCNC(=O)/C=C/c5cccnc5)CC4)cc23)c1. The van der Waals surface area contributed by atoms with Crippen LogP contribution in [0.5, 0.6) is 11.5 Å². The Morgan fingerprint density at radius 3 is 2.73 bits per heavy atom. The van der Waals surface area contributed by atoms with Crippen LogP contribution < -0.4 is 20.1 Å². The average Bonchev–Trinajstić information content (AvgIpc) is 3.13. The molecule has 48 heavy (non-hydrogen) atoms. The lowest BCUT2D eigenvalue weighted by molar-refractivity contribution is -0.132. The lowest BCUT2D eigenvalue weighted by Gasteiger charge is -2.32. The van der Waals surface area contributed by atoms with E-state index in [0.717, 1.165) is 67.4 Å². The number of carbonyl (C=O) groups excluding carboxylic acids is 2. The van der Waals surface area contributed by atoms with E-state index in [4.69, 9.17) is 15.9 Å². The Balaban J connectivity index is 1.01. The number of likely N-dealkylation sites (tertiary alicyclic amines) is 1. The van der Waals surface area contributed by atoms with Gasteiger partial charge in [-0.2, -0.15) is 0 Å². The topological polar surface area (TPSA) is 119 Å². The van der Waals surface area contributed by atoms with Crippen LogP contribution in [-0.4, -0.2) is 65.0 Å². The molecule has 0 unspecified atom stereocenters. The van der Waals surface area contributed by atoms with Crippen LogP contribution in [0.25, 0.3) is 17.0 Å². The second-order valence-electron chi connectivity index (χ2n) is 11.8. The van der Waals surface area contributed by atoms with E-state index in [2.05, 4.69) is 31.5 Å².